The molecule has 1 aromatic rings. The van der Waals surface area contributed by atoms with Crippen LogP contribution in [-0.4, -0.2) is 40.0 Å². The van der Waals surface area contributed by atoms with Gasteiger partial charge in [0.2, 0.25) is 5.91 Å². The molecule has 1 amide bonds. The first kappa shape index (κ1) is 20.6. The van der Waals surface area contributed by atoms with Gasteiger partial charge in [-0.05, 0) is 6.42 Å². The fraction of sp³-hybridized carbons (Fsp3) is 0.526. The quantitative estimate of drug-likeness (QED) is 0.522. The largest absolute Gasteiger partial charge is 0.359 e. The number of benzene rings is 1. The van der Waals surface area contributed by atoms with Crippen LogP contribution in [0, 0.1) is 0 Å². The lowest BCUT2D eigenvalue weighted by Crippen LogP contribution is -2.44. The van der Waals surface area contributed by atoms with Gasteiger partial charge in [0.1, 0.15) is 14.9 Å². The van der Waals surface area contributed by atoms with E-state index in [0.29, 0.717) is 0 Å². The molecule has 0 aliphatic carbocycles. The second-order valence-corrected chi connectivity index (χ2v) is 10.9. The van der Waals surface area contributed by atoms with E-state index in [2.05, 4.69) is 61.4 Å². The van der Waals surface area contributed by atoms with Crippen molar-refractivity contribution in [1.29, 1.82) is 0 Å². The maximum absolute atomic E-state index is 11.5. The number of carbonyl (C=O) groups excluding carboxylic acids is 1. The highest BCUT2D eigenvalue weighted by molar-refractivity contribution is 6.93. The van der Waals surface area contributed by atoms with Crippen LogP contribution in [0.5, 0.6) is 0 Å². The van der Waals surface area contributed by atoms with Crippen LogP contribution >= 0.6 is 0 Å². The molecule has 0 aliphatic heterocycles. The molecule has 0 unspecified atom stereocenters. The molecular formula is C19H31NO3Si. The monoisotopic (exact) mass is 349 g/mol. The molecule has 4 nitrogen and oxygen atoms in total. The summed E-state index contributed by atoms with van der Waals surface area (Å²) >= 11 is 0. The van der Waals surface area contributed by atoms with E-state index in [0.717, 1.165) is 12.8 Å². The number of hydrogen-bond acceptors (Lipinski definition) is 3. The minimum absolute atomic E-state index is 0.0348. The zero-order valence-electron chi connectivity index (χ0n) is 15.5. The van der Waals surface area contributed by atoms with Crippen LogP contribution in [0.1, 0.15) is 26.7 Å². The first-order valence-corrected chi connectivity index (χ1v) is 11.6. The Hall–Kier alpha value is -1.43. The van der Waals surface area contributed by atoms with Crippen LogP contribution in [0.4, 0.5) is 0 Å². The van der Waals surface area contributed by atoms with E-state index >= 15 is 0 Å². The first-order valence-electron chi connectivity index (χ1n) is 8.53. The number of methoxy groups -OCH3 is 1. The number of carbonyl (C=O) groups is 1. The van der Waals surface area contributed by atoms with Crippen molar-refractivity contribution in [1.82, 2.24) is 5.32 Å². The van der Waals surface area contributed by atoms with Crippen molar-refractivity contribution in [3.63, 3.8) is 0 Å². The summed E-state index contributed by atoms with van der Waals surface area (Å²) in [7, 11) is -0.0965. The molecule has 0 bridgehead atoms. The fourth-order valence-corrected chi connectivity index (χ4v) is 4.56. The van der Waals surface area contributed by atoms with Gasteiger partial charge >= 0.3 is 0 Å². The normalized spacial score (nSPS) is 14.5. The summed E-state index contributed by atoms with van der Waals surface area (Å²) < 4.78 is 10.9. The van der Waals surface area contributed by atoms with E-state index in [1.54, 1.807) is 14.0 Å². The summed E-state index contributed by atoms with van der Waals surface area (Å²) in [5.41, 5.74) is 2.28. The van der Waals surface area contributed by atoms with E-state index in [-0.39, 0.29) is 24.8 Å². The summed E-state index contributed by atoms with van der Waals surface area (Å²) in [6, 6.07) is 10.5. The van der Waals surface area contributed by atoms with Crippen molar-refractivity contribution in [3.05, 3.63) is 42.1 Å². The summed E-state index contributed by atoms with van der Waals surface area (Å²) in [5.74, 6) is -0.0348. The lowest BCUT2D eigenvalue weighted by atomic mass is 10.1. The van der Waals surface area contributed by atoms with Crippen molar-refractivity contribution in [2.45, 2.75) is 51.9 Å². The van der Waals surface area contributed by atoms with Crippen molar-refractivity contribution >= 4 is 19.2 Å². The molecule has 0 heterocycles. The predicted octanol–water partition coefficient (Wildman–Crippen LogP) is 2.99. The molecular weight excluding hydrogens is 318 g/mol. The highest BCUT2D eigenvalue weighted by Crippen LogP contribution is 2.12. The molecule has 1 rings (SSSR count). The van der Waals surface area contributed by atoms with Crippen LogP contribution in [0.25, 0.3) is 0 Å². The van der Waals surface area contributed by atoms with Crippen LogP contribution in [-0.2, 0) is 14.3 Å². The third-order valence-corrected chi connectivity index (χ3v) is 6.83. The van der Waals surface area contributed by atoms with Crippen LogP contribution in [0.15, 0.2) is 42.1 Å². The predicted molar refractivity (Wildman–Crippen MR) is 102 cm³/mol. The van der Waals surface area contributed by atoms with Crippen LogP contribution < -0.4 is 10.5 Å². The van der Waals surface area contributed by atoms with Crippen LogP contribution in [0.3, 0.4) is 0 Å². The molecule has 0 saturated heterocycles. The molecule has 0 radical (unpaired) electrons. The molecule has 1 N–H and O–H groups in total. The van der Waals surface area contributed by atoms with Crippen molar-refractivity contribution < 1.29 is 14.3 Å². The second kappa shape index (κ2) is 10.4. The Labute approximate surface area is 147 Å². The summed E-state index contributed by atoms with van der Waals surface area (Å²) in [5, 5.41) is 4.38. The highest BCUT2D eigenvalue weighted by atomic mass is 28.3. The molecule has 1 aromatic carbocycles. The molecule has 0 aliphatic rings. The van der Waals surface area contributed by atoms with Crippen molar-refractivity contribution in [3.8, 4) is 0 Å². The van der Waals surface area contributed by atoms with Gasteiger partial charge in [-0.15, -0.1) is 0 Å². The molecule has 5 heteroatoms. The average Bonchev–Trinajstić information content (AvgIpc) is 2.55. The van der Waals surface area contributed by atoms with Gasteiger partial charge in [0, 0.05) is 14.0 Å². The smallest absolute Gasteiger partial charge is 0.217 e. The highest BCUT2D eigenvalue weighted by Gasteiger charge is 2.24. The molecule has 2 atom stereocenters. The maximum atomic E-state index is 11.5. The number of amides is 1. The van der Waals surface area contributed by atoms with E-state index in [1.165, 1.54) is 5.19 Å². The summed E-state index contributed by atoms with van der Waals surface area (Å²) in [4.78, 5) is 11.5. The Balaban J connectivity index is 2.95. The Morgan fingerprint density at radius 3 is 2.50 bits per heavy atom. The van der Waals surface area contributed by atoms with Gasteiger partial charge < -0.3 is 14.8 Å². The van der Waals surface area contributed by atoms with E-state index in [4.69, 9.17) is 9.47 Å². The Morgan fingerprint density at radius 1 is 1.29 bits per heavy atom. The minimum atomic E-state index is -1.70. The molecule has 0 aromatic heterocycles. The standard InChI is InChI=1S/C19H31NO3Si/c1-6-10-18(20-16(2)21)19(23-15-22-3)13-14-24(4,5)17-11-8-7-9-12-17/h7-9,11-14,18-19H,6,10,15H2,1-5H3,(H,20,21)/b14-13+/t18-,19+/m1/s1. The third kappa shape index (κ3) is 6.99. The van der Waals surface area contributed by atoms with Crippen LogP contribution in [0.2, 0.25) is 13.1 Å². The topological polar surface area (TPSA) is 47.6 Å². The number of rotatable bonds is 10. The SMILES string of the molecule is CCC[C@@H](NC(C)=O)[C@H](/C=C/[Si](C)(C)c1ccccc1)OCOC. The maximum Gasteiger partial charge on any atom is 0.217 e. The Morgan fingerprint density at radius 2 is 1.96 bits per heavy atom. The number of hydrogen-bond donors (Lipinski definition) is 1. The summed E-state index contributed by atoms with van der Waals surface area (Å²) in [6.07, 6.45) is 3.76. The zero-order valence-corrected chi connectivity index (χ0v) is 16.5. The third-order valence-electron chi connectivity index (χ3n) is 3.98. The summed E-state index contributed by atoms with van der Waals surface area (Å²) in [6.45, 7) is 8.47. The lowest BCUT2D eigenvalue weighted by Gasteiger charge is -2.26. The van der Waals surface area contributed by atoms with Gasteiger partial charge in [0.05, 0.1) is 12.1 Å². The van der Waals surface area contributed by atoms with Gasteiger partial charge in [-0.3, -0.25) is 4.79 Å². The minimum Gasteiger partial charge on any atom is -0.359 e. The average molecular weight is 350 g/mol. The Kier molecular flexibility index (Phi) is 8.96. The molecule has 0 fully saturated rings. The van der Waals surface area contributed by atoms with E-state index in [9.17, 15) is 4.79 Å². The second-order valence-electron chi connectivity index (χ2n) is 6.58. The Bertz CT molecular complexity index is 517. The van der Waals surface area contributed by atoms with Gasteiger partial charge in [-0.25, -0.2) is 0 Å². The van der Waals surface area contributed by atoms with E-state index < -0.39 is 8.07 Å². The molecule has 0 saturated carbocycles. The number of nitrogens with one attached hydrogen (secondary N) is 1. The molecule has 134 valence electrons. The number of ether oxygens (including phenoxy) is 2. The van der Waals surface area contributed by atoms with Crippen molar-refractivity contribution in [2.24, 2.45) is 0 Å². The fourth-order valence-electron chi connectivity index (χ4n) is 2.64. The first-order chi connectivity index (χ1) is 11.4. The van der Waals surface area contributed by atoms with Gasteiger partial charge in [-0.1, -0.05) is 73.7 Å². The van der Waals surface area contributed by atoms with Gasteiger partial charge in [-0.2, -0.15) is 0 Å². The van der Waals surface area contributed by atoms with Crippen molar-refractivity contribution in [2.75, 3.05) is 13.9 Å². The van der Waals surface area contributed by atoms with E-state index in [1.807, 2.05) is 6.07 Å². The molecule has 24 heavy (non-hydrogen) atoms. The lowest BCUT2D eigenvalue weighted by molar-refractivity contribution is -0.122. The van der Waals surface area contributed by atoms with Gasteiger partial charge in [0.25, 0.3) is 0 Å². The van der Waals surface area contributed by atoms with Gasteiger partial charge in [0.15, 0.2) is 0 Å². The zero-order chi connectivity index (χ0) is 18.0. The molecule has 0 spiro atoms.